The second-order valence-electron chi connectivity index (χ2n) is 3.40. The first-order valence-electron chi connectivity index (χ1n) is 4.69. The van der Waals surface area contributed by atoms with E-state index in [0.29, 0.717) is 32.7 Å². The van der Waals surface area contributed by atoms with E-state index < -0.39 is 6.10 Å². The van der Waals surface area contributed by atoms with Crippen molar-refractivity contribution in [3.63, 3.8) is 0 Å². The zero-order valence-corrected chi connectivity index (χ0v) is 7.81. The summed E-state index contributed by atoms with van der Waals surface area (Å²) >= 11 is 0. The topological polar surface area (TPSA) is 59.0 Å². The van der Waals surface area contributed by atoms with Gasteiger partial charge in [0.2, 0.25) is 5.76 Å². The van der Waals surface area contributed by atoms with Crippen LogP contribution >= 0.6 is 0 Å². The normalized spacial score (nSPS) is 26.5. The number of likely N-dealkylation sites (tertiary alicyclic amines) is 1. The van der Waals surface area contributed by atoms with Gasteiger partial charge in [0.1, 0.15) is 19.5 Å². The van der Waals surface area contributed by atoms with Gasteiger partial charge < -0.3 is 19.5 Å². The highest BCUT2D eigenvalue weighted by atomic mass is 16.6. The summed E-state index contributed by atoms with van der Waals surface area (Å²) in [4.78, 5) is 13.3. The molecule has 5 heteroatoms. The van der Waals surface area contributed by atoms with E-state index in [2.05, 4.69) is 0 Å². The van der Waals surface area contributed by atoms with E-state index in [4.69, 9.17) is 9.47 Å². The predicted molar refractivity (Wildman–Crippen MR) is 47.2 cm³/mol. The lowest BCUT2D eigenvalue weighted by molar-refractivity contribution is -0.131. The smallest absolute Gasteiger partial charge is 0.292 e. The van der Waals surface area contributed by atoms with Gasteiger partial charge in [0.05, 0.1) is 6.10 Å². The zero-order valence-electron chi connectivity index (χ0n) is 7.81. The number of β-amino-alcohol motifs (C(OH)–C–C–N with tert-alkyl or cyclic N) is 1. The molecule has 2 aliphatic heterocycles. The predicted octanol–water partition coefficient (Wildman–Crippen LogP) is -0.532. The molecule has 1 atom stereocenters. The summed E-state index contributed by atoms with van der Waals surface area (Å²) in [6, 6.07) is 0. The van der Waals surface area contributed by atoms with Gasteiger partial charge >= 0.3 is 0 Å². The molecule has 1 amide bonds. The number of amides is 1. The van der Waals surface area contributed by atoms with E-state index in [-0.39, 0.29) is 11.7 Å². The Balaban J connectivity index is 1.97. The fourth-order valence-corrected chi connectivity index (χ4v) is 1.56. The van der Waals surface area contributed by atoms with Gasteiger partial charge in [0.15, 0.2) is 0 Å². The first kappa shape index (κ1) is 9.33. The average Bonchev–Trinajstić information content (AvgIpc) is 2.65. The maximum absolute atomic E-state index is 11.7. The van der Waals surface area contributed by atoms with Crippen LogP contribution in [0.4, 0.5) is 0 Å². The maximum atomic E-state index is 11.7. The van der Waals surface area contributed by atoms with Crippen molar-refractivity contribution >= 4 is 5.91 Å². The molecular weight excluding hydrogens is 186 g/mol. The van der Waals surface area contributed by atoms with Crippen molar-refractivity contribution in [1.82, 2.24) is 4.90 Å². The Kier molecular flexibility index (Phi) is 2.58. The van der Waals surface area contributed by atoms with Crippen LogP contribution in [0.25, 0.3) is 0 Å². The van der Waals surface area contributed by atoms with Gasteiger partial charge in [-0.3, -0.25) is 4.79 Å². The highest BCUT2D eigenvalue weighted by molar-refractivity contribution is 5.91. The molecule has 14 heavy (non-hydrogen) atoms. The van der Waals surface area contributed by atoms with Crippen LogP contribution in [0.1, 0.15) is 6.42 Å². The Bertz CT molecular complexity index is 264. The molecule has 0 aromatic carbocycles. The fraction of sp³-hybridized carbons (Fsp3) is 0.667. The molecule has 0 aliphatic carbocycles. The minimum absolute atomic E-state index is 0.193. The first-order valence-corrected chi connectivity index (χ1v) is 4.69. The van der Waals surface area contributed by atoms with E-state index in [9.17, 15) is 9.90 Å². The number of rotatable bonds is 1. The fourth-order valence-electron chi connectivity index (χ4n) is 1.56. The molecule has 1 fully saturated rings. The quantitative estimate of drug-likeness (QED) is 0.616. The van der Waals surface area contributed by atoms with Crippen molar-refractivity contribution in [3.8, 4) is 0 Å². The highest BCUT2D eigenvalue weighted by Gasteiger charge is 2.28. The second-order valence-corrected chi connectivity index (χ2v) is 3.40. The molecule has 5 nitrogen and oxygen atoms in total. The molecule has 0 saturated carbocycles. The van der Waals surface area contributed by atoms with Gasteiger partial charge in [-0.1, -0.05) is 0 Å². The van der Waals surface area contributed by atoms with Crippen molar-refractivity contribution in [2.75, 3.05) is 26.3 Å². The van der Waals surface area contributed by atoms with Crippen LogP contribution in [-0.2, 0) is 14.3 Å². The molecule has 2 heterocycles. The maximum Gasteiger partial charge on any atom is 0.292 e. The third kappa shape index (κ3) is 1.82. The third-order valence-corrected chi connectivity index (χ3v) is 2.31. The van der Waals surface area contributed by atoms with Crippen molar-refractivity contribution in [3.05, 3.63) is 12.0 Å². The summed E-state index contributed by atoms with van der Waals surface area (Å²) in [5, 5.41) is 9.26. The van der Waals surface area contributed by atoms with E-state index in [1.165, 1.54) is 6.26 Å². The summed E-state index contributed by atoms with van der Waals surface area (Å²) in [7, 11) is 0. The minimum atomic E-state index is -0.399. The summed E-state index contributed by atoms with van der Waals surface area (Å²) < 4.78 is 10.1. The summed E-state index contributed by atoms with van der Waals surface area (Å²) in [6.07, 6.45) is 1.58. The van der Waals surface area contributed by atoms with E-state index in [0.717, 1.165) is 0 Å². The van der Waals surface area contributed by atoms with Crippen LogP contribution in [0.15, 0.2) is 12.0 Å². The van der Waals surface area contributed by atoms with Crippen LogP contribution in [-0.4, -0.2) is 48.3 Å². The number of nitrogens with zero attached hydrogens (tertiary/aromatic N) is 1. The molecule has 2 rings (SSSR count). The number of hydrogen-bond donors (Lipinski definition) is 1. The van der Waals surface area contributed by atoms with Crippen LogP contribution in [0.3, 0.4) is 0 Å². The summed E-state index contributed by atoms with van der Waals surface area (Å²) in [5.41, 5.74) is 0. The Labute approximate surface area is 81.9 Å². The Morgan fingerprint density at radius 2 is 2.43 bits per heavy atom. The van der Waals surface area contributed by atoms with Crippen molar-refractivity contribution in [2.45, 2.75) is 12.5 Å². The number of carbonyl (C=O) groups is 1. The van der Waals surface area contributed by atoms with E-state index >= 15 is 0 Å². The number of aliphatic hydroxyl groups excluding tert-OH is 1. The van der Waals surface area contributed by atoms with Crippen LogP contribution < -0.4 is 0 Å². The number of aliphatic hydroxyl groups is 1. The monoisotopic (exact) mass is 199 g/mol. The van der Waals surface area contributed by atoms with Gasteiger partial charge in [0, 0.05) is 13.1 Å². The minimum Gasteiger partial charge on any atom is -0.494 e. The lowest BCUT2D eigenvalue weighted by atomic mass is 10.3. The third-order valence-electron chi connectivity index (χ3n) is 2.31. The van der Waals surface area contributed by atoms with Crippen LogP contribution in [0.2, 0.25) is 0 Å². The Morgan fingerprint density at radius 1 is 1.57 bits per heavy atom. The van der Waals surface area contributed by atoms with Gasteiger partial charge in [-0.2, -0.15) is 0 Å². The van der Waals surface area contributed by atoms with Gasteiger partial charge in [0.25, 0.3) is 5.91 Å². The molecular formula is C9H13NO4. The van der Waals surface area contributed by atoms with Crippen LogP contribution in [0, 0.1) is 0 Å². The van der Waals surface area contributed by atoms with E-state index in [1.807, 2.05) is 0 Å². The van der Waals surface area contributed by atoms with Gasteiger partial charge in [-0.05, 0) is 6.42 Å². The molecule has 1 saturated heterocycles. The molecule has 0 bridgehead atoms. The largest absolute Gasteiger partial charge is 0.494 e. The molecule has 1 N–H and O–H groups in total. The van der Waals surface area contributed by atoms with Crippen molar-refractivity contribution in [1.29, 1.82) is 0 Å². The molecule has 1 unspecified atom stereocenters. The molecule has 0 aromatic rings. The lowest BCUT2D eigenvalue weighted by Crippen LogP contribution is -2.32. The number of hydrogen-bond acceptors (Lipinski definition) is 4. The van der Waals surface area contributed by atoms with Gasteiger partial charge in [-0.15, -0.1) is 0 Å². The number of ether oxygens (including phenoxy) is 2. The van der Waals surface area contributed by atoms with Crippen molar-refractivity contribution in [2.24, 2.45) is 0 Å². The number of carbonyl (C=O) groups excluding carboxylic acids is 1. The summed E-state index contributed by atoms with van der Waals surface area (Å²) in [5.74, 6) is 0.0478. The van der Waals surface area contributed by atoms with Gasteiger partial charge in [-0.25, -0.2) is 0 Å². The Morgan fingerprint density at radius 3 is 3.00 bits per heavy atom. The van der Waals surface area contributed by atoms with E-state index in [1.54, 1.807) is 4.90 Å². The summed E-state index contributed by atoms with van der Waals surface area (Å²) in [6.45, 7) is 1.87. The SMILES string of the molecule is O=C(C1=COCCO1)N1CCC(O)C1. The standard InChI is InChI=1S/C9H13NO4/c11-7-1-2-10(5-7)9(12)8-6-13-3-4-14-8/h6-7,11H,1-5H2. The lowest BCUT2D eigenvalue weighted by Gasteiger charge is -2.20. The average molecular weight is 199 g/mol. The van der Waals surface area contributed by atoms with Crippen molar-refractivity contribution < 1.29 is 19.4 Å². The molecule has 0 spiro atoms. The molecule has 0 aromatic heterocycles. The Hall–Kier alpha value is -1.23. The van der Waals surface area contributed by atoms with Crippen LogP contribution in [0.5, 0.6) is 0 Å². The highest BCUT2D eigenvalue weighted by Crippen LogP contribution is 2.14. The molecule has 78 valence electrons. The molecule has 2 aliphatic rings. The zero-order chi connectivity index (χ0) is 9.97. The second kappa shape index (κ2) is 3.88. The first-order chi connectivity index (χ1) is 6.77. The molecule has 0 radical (unpaired) electrons.